The summed E-state index contributed by atoms with van der Waals surface area (Å²) in [6.07, 6.45) is -0.456. The van der Waals surface area contributed by atoms with Crippen molar-refractivity contribution in [1.29, 1.82) is 0 Å². The maximum atomic E-state index is 12.4. The Labute approximate surface area is 115 Å². The third kappa shape index (κ3) is 3.54. The summed E-state index contributed by atoms with van der Waals surface area (Å²) in [6.45, 7) is 3.18. The van der Waals surface area contributed by atoms with Gasteiger partial charge >= 0.3 is 5.97 Å². The monoisotopic (exact) mass is 283 g/mol. The minimum absolute atomic E-state index is 0.0427. The van der Waals surface area contributed by atoms with Gasteiger partial charge in [-0.25, -0.2) is 0 Å². The standard InChI is InChI=1S/C13H17NO4S/c1-9(11-3-2-6-19-11)13(17)14-4-5-18-10(8-14)7-12(15)16/h2-3,6,9-10H,4-5,7-8H2,1H3,(H,15,16)/t9-,10-/m1/s1. The molecule has 1 aliphatic heterocycles. The van der Waals surface area contributed by atoms with E-state index < -0.39 is 12.1 Å². The Morgan fingerprint density at radius 2 is 2.42 bits per heavy atom. The molecule has 5 nitrogen and oxygen atoms in total. The second-order valence-corrected chi connectivity index (χ2v) is 5.59. The molecule has 0 spiro atoms. The molecule has 104 valence electrons. The lowest BCUT2D eigenvalue weighted by atomic mass is 10.1. The molecule has 1 aromatic heterocycles. The molecule has 19 heavy (non-hydrogen) atoms. The topological polar surface area (TPSA) is 66.8 Å². The highest BCUT2D eigenvalue weighted by atomic mass is 32.1. The molecule has 2 rings (SSSR count). The summed E-state index contributed by atoms with van der Waals surface area (Å²) in [5.74, 6) is -1.03. The number of amides is 1. The molecule has 0 bridgehead atoms. The smallest absolute Gasteiger partial charge is 0.306 e. The quantitative estimate of drug-likeness (QED) is 0.910. The zero-order valence-electron chi connectivity index (χ0n) is 10.7. The highest BCUT2D eigenvalue weighted by Gasteiger charge is 2.29. The van der Waals surface area contributed by atoms with Gasteiger partial charge in [0.05, 0.1) is 25.0 Å². The molecular weight excluding hydrogens is 266 g/mol. The van der Waals surface area contributed by atoms with Gasteiger partial charge in [0.15, 0.2) is 0 Å². The Kier molecular flexibility index (Phi) is 4.55. The Balaban J connectivity index is 1.97. The summed E-state index contributed by atoms with van der Waals surface area (Å²) in [5.41, 5.74) is 0. The van der Waals surface area contributed by atoms with E-state index in [4.69, 9.17) is 9.84 Å². The Morgan fingerprint density at radius 1 is 1.63 bits per heavy atom. The van der Waals surface area contributed by atoms with Gasteiger partial charge in [-0.2, -0.15) is 0 Å². The lowest BCUT2D eigenvalue weighted by Crippen LogP contribution is -2.47. The van der Waals surface area contributed by atoms with Crippen molar-refractivity contribution in [2.75, 3.05) is 19.7 Å². The lowest BCUT2D eigenvalue weighted by Gasteiger charge is -2.33. The number of nitrogens with zero attached hydrogens (tertiary/aromatic N) is 1. The van der Waals surface area contributed by atoms with Gasteiger partial charge in [0.2, 0.25) is 5.91 Å². The van der Waals surface area contributed by atoms with Crippen LogP contribution in [0, 0.1) is 0 Å². The van der Waals surface area contributed by atoms with Crippen molar-refractivity contribution in [3.8, 4) is 0 Å². The molecule has 1 N–H and O–H groups in total. The summed E-state index contributed by atoms with van der Waals surface area (Å²) in [5, 5.41) is 10.7. The van der Waals surface area contributed by atoms with E-state index in [9.17, 15) is 9.59 Å². The first kappa shape index (κ1) is 14.0. The van der Waals surface area contributed by atoms with Crippen LogP contribution in [0.1, 0.15) is 24.1 Å². The van der Waals surface area contributed by atoms with Crippen LogP contribution in [-0.2, 0) is 14.3 Å². The highest BCUT2D eigenvalue weighted by Crippen LogP contribution is 2.24. The number of carboxylic acid groups (broad SMARTS) is 1. The molecule has 1 amide bonds. The van der Waals surface area contributed by atoms with Gasteiger partial charge in [0.1, 0.15) is 0 Å². The van der Waals surface area contributed by atoms with E-state index in [0.717, 1.165) is 4.88 Å². The first-order chi connectivity index (χ1) is 9.08. The van der Waals surface area contributed by atoms with Gasteiger partial charge in [0.25, 0.3) is 0 Å². The minimum atomic E-state index is -0.898. The summed E-state index contributed by atoms with van der Waals surface area (Å²) >= 11 is 1.56. The molecule has 0 radical (unpaired) electrons. The molecule has 2 heterocycles. The van der Waals surface area contributed by atoms with Crippen LogP contribution in [-0.4, -0.2) is 47.7 Å². The maximum Gasteiger partial charge on any atom is 0.306 e. The Morgan fingerprint density at radius 3 is 3.05 bits per heavy atom. The number of hydrogen-bond donors (Lipinski definition) is 1. The van der Waals surface area contributed by atoms with Gasteiger partial charge in [-0.3, -0.25) is 9.59 Å². The number of aliphatic carboxylic acids is 1. The number of carbonyl (C=O) groups is 2. The molecule has 1 saturated heterocycles. The number of morpholine rings is 1. The number of carbonyl (C=O) groups excluding carboxylic acids is 1. The number of ether oxygens (including phenoxy) is 1. The zero-order chi connectivity index (χ0) is 13.8. The predicted octanol–water partition coefficient (Wildman–Crippen LogP) is 1.55. The Bertz CT molecular complexity index is 446. The van der Waals surface area contributed by atoms with Gasteiger partial charge in [0, 0.05) is 18.0 Å². The van der Waals surface area contributed by atoms with Crippen LogP contribution in [0.25, 0.3) is 0 Å². The average Bonchev–Trinajstić information content (AvgIpc) is 2.90. The maximum absolute atomic E-state index is 12.4. The summed E-state index contributed by atoms with van der Waals surface area (Å²) in [7, 11) is 0. The molecule has 2 atom stereocenters. The molecule has 0 saturated carbocycles. The van der Waals surface area contributed by atoms with Crippen molar-refractivity contribution in [2.24, 2.45) is 0 Å². The van der Waals surface area contributed by atoms with E-state index in [1.165, 1.54) is 0 Å². The summed E-state index contributed by atoms with van der Waals surface area (Å²) in [4.78, 5) is 25.8. The van der Waals surface area contributed by atoms with E-state index in [-0.39, 0.29) is 18.2 Å². The molecular formula is C13H17NO4S. The van der Waals surface area contributed by atoms with Crippen LogP contribution in [0.15, 0.2) is 17.5 Å². The molecule has 1 fully saturated rings. The van der Waals surface area contributed by atoms with E-state index >= 15 is 0 Å². The fourth-order valence-corrected chi connectivity index (χ4v) is 2.95. The van der Waals surface area contributed by atoms with E-state index in [1.807, 2.05) is 24.4 Å². The third-order valence-corrected chi connectivity index (χ3v) is 4.25. The number of rotatable bonds is 4. The van der Waals surface area contributed by atoms with Crippen LogP contribution >= 0.6 is 11.3 Å². The second kappa shape index (κ2) is 6.16. The third-order valence-electron chi connectivity index (χ3n) is 3.19. The van der Waals surface area contributed by atoms with Gasteiger partial charge < -0.3 is 14.7 Å². The second-order valence-electron chi connectivity index (χ2n) is 4.61. The van der Waals surface area contributed by atoms with Gasteiger partial charge in [-0.1, -0.05) is 6.07 Å². The van der Waals surface area contributed by atoms with Crippen molar-refractivity contribution in [2.45, 2.75) is 25.4 Å². The summed E-state index contributed by atoms with van der Waals surface area (Å²) < 4.78 is 5.37. The van der Waals surface area contributed by atoms with Crippen LogP contribution in [0.2, 0.25) is 0 Å². The molecule has 6 heteroatoms. The van der Waals surface area contributed by atoms with Crippen LogP contribution in [0.4, 0.5) is 0 Å². The van der Waals surface area contributed by atoms with Crippen LogP contribution in [0.3, 0.4) is 0 Å². The van der Waals surface area contributed by atoms with Gasteiger partial charge in [-0.15, -0.1) is 11.3 Å². The van der Waals surface area contributed by atoms with E-state index in [1.54, 1.807) is 16.2 Å². The normalized spacial score (nSPS) is 21.1. The lowest BCUT2D eigenvalue weighted by molar-refractivity contribution is -0.148. The van der Waals surface area contributed by atoms with E-state index in [2.05, 4.69) is 0 Å². The SMILES string of the molecule is C[C@@H](C(=O)N1CCO[C@H](CC(=O)O)C1)c1cccs1. The fraction of sp³-hybridized carbons (Fsp3) is 0.538. The molecule has 0 aromatic carbocycles. The van der Waals surface area contributed by atoms with Crippen molar-refractivity contribution in [1.82, 2.24) is 4.90 Å². The van der Waals surface area contributed by atoms with Gasteiger partial charge in [-0.05, 0) is 18.4 Å². The highest BCUT2D eigenvalue weighted by molar-refractivity contribution is 7.10. The number of carboxylic acids is 1. The first-order valence-corrected chi connectivity index (χ1v) is 7.11. The van der Waals surface area contributed by atoms with Crippen molar-refractivity contribution < 1.29 is 19.4 Å². The predicted molar refractivity (Wildman–Crippen MR) is 71.3 cm³/mol. The Hall–Kier alpha value is -1.40. The van der Waals surface area contributed by atoms with E-state index in [0.29, 0.717) is 19.7 Å². The minimum Gasteiger partial charge on any atom is -0.481 e. The molecule has 0 unspecified atom stereocenters. The largest absolute Gasteiger partial charge is 0.481 e. The van der Waals surface area contributed by atoms with Crippen molar-refractivity contribution in [3.63, 3.8) is 0 Å². The number of hydrogen-bond acceptors (Lipinski definition) is 4. The van der Waals surface area contributed by atoms with Crippen LogP contribution in [0.5, 0.6) is 0 Å². The fourth-order valence-electron chi connectivity index (χ4n) is 2.17. The zero-order valence-corrected chi connectivity index (χ0v) is 11.6. The first-order valence-electron chi connectivity index (χ1n) is 6.23. The van der Waals surface area contributed by atoms with Crippen LogP contribution < -0.4 is 0 Å². The molecule has 1 aliphatic rings. The number of thiophene rings is 1. The van der Waals surface area contributed by atoms with Crippen molar-refractivity contribution in [3.05, 3.63) is 22.4 Å². The molecule has 1 aromatic rings. The molecule has 0 aliphatic carbocycles. The summed E-state index contributed by atoms with van der Waals surface area (Å²) in [6, 6.07) is 3.87. The average molecular weight is 283 g/mol. The van der Waals surface area contributed by atoms with Crippen molar-refractivity contribution >= 4 is 23.2 Å².